The number of benzene rings is 2. The van der Waals surface area contributed by atoms with Gasteiger partial charge >= 0.3 is 0 Å². The van der Waals surface area contributed by atoms with Crippen LogP contribution in [0.1, 0.15) is 89.2 Å². The standard InChI is InChI=1S/C21H29NO.C10H15NO2S/c1-2-6-17(7-3-1)10-13-22-14-11-18(12-15-22)20-16-23-21-9-5-4-8-19(20)21;1-10(2,3)8-4-6-9(7-5-8)14(11,12)13/h4-5,8-9,16-18H,1-3,6-7,10-15H2;4-7H,1-3H3,(H2,11,12,13). The SMILES string of the molecule is CC(C)(C)c1ccc(S(N)(=O)=O)cc1.c1ccc2c(C3CCN(CCC4CCCCC4)CC3)coc2c1. The molecule has 1 aliphatic carbocycles. The molecule has 0 amide bonds. The van der Waals surface area contributed by atoms with Crippen molar-refractivity contribution in [2.45, 2.75) is 88.4 Å². The van der Waals surface area contributed by atoms with Crippen LogP contribution >= 0.6 is 0 Å². The number of furan rings is 1. The lowest BCUT2D eigenvalue weighted by Crippen LogP contribution is -2.34. The molecule has 1 saturated heterocycles. The second-order valence-electron chi connectivity index (χ2n) is 11.9. The van der Waals surface area contributed by atoms with Crippen molar-refractivity contribution in [1.82, 2.24) is 4.90 Å². The summed E-state index contributed by atoms with van der Waals surface area (Å²) in [5.41, 5.74) is 3.59. The number of hydrogen-bond donors (Lipinski definition) is 1. The van der Waals surface area contributed by atoms with Crippen LogP contribution in [0, 0.1) is 5.92 Å². The highest BCUT2D eigenvalue weighted by atomic mass is 32.2. The van der Waals surface area contributed by atoms with Crippen molar-refractivity contribution in [3.8, 4) is 0 Å². The number of nitrogens with zero attached hydrogens (tertiary/aromatic N) is 1. The average molecular weight is 525 g/mol. The Labute approximate surface area is 223 Å². The number of sulfonamides is 1. The Balaban J connectivity index is 0.000000197. The Morgan fingerprint density at radius 1 is 0.919 bits per heavy atom. The monoisotopic (exact) mass is 524 g/mol. The molecular weight excluding hydrogens is 480 g/mol. The zero-order valence-corrected chi connectivity index (χ0v) is 23.6. The van der Waals surface area contributed by atoms with Crippen molar-refractivity contribution in [2.24, 2.45) is 11.1 Å². The van der Waals surface area contributed by atoms with E-state index >= 15 is 0 Å². The molecular formula is C31H44N2O3S. The maximum Gasteiger partial charge on any atom is 0.238 e. The first kappa shape index (κ1) is 27.9. The lowest BCUT2D eigenvalue weighted by molar-refractivity contribution is 0.189. The van der Waals surface area contributed by atoms with Crippen LogP contribution in [-0.4, -0.2) is 33.0 Å². The fraction of sp³-hybridized carbons (Fsp3) is 0.548. The summed E-state index contributed by atoms with van der Waals surface area (Å²) in [6.07, 6.45) is 13.4. The number of hydrogen-bond acceptors (Lipinski definition) is 4. The highest BCUT2D eigenvalue weighted by molar-refractivity contribution is 7.89. The molecule has 0 atom stereocenters. The van der Waals surface area contributed by atoms with Crippen molar-refractivity contribution < 1.29 is 12.8 Å². The molecule has 0 unspecified atom stereocenters. The summed E-state index contributed by atoms with van der Waals surface area (Å²) in [5, 5.41) is 6.32. The highest BCUT2D eigenvalue weighted by Crippen LogP contribution is 2.35. The van der Waals surface area contributed by atoms with Crippen LogP contribution in [0.4, 0.5) is 0 Å². The van der Waals surface area contributed by atoms with E-state index in [0.717, 1.165) is 17.1 Å². The molecule has 6 heteroatoms. The average Bonchev–Trinajstić information content (AvgIpc) is 3.32. The summed E-state index contributed by atoms with van der Waals surface area (Å²) >= 11 is 0. The molecule has 0 radical (unpaired) electrons. The Morgan fingerprint density at radius 3 is 2.19 bits per heavy atom. The predicted molar refractivity (Wildman–Crippen MR) is 152 cm³/mol. The summed E-state index contributed by atoms with van der Waals surface area (Å²) in [6.45, 7) is 10.0. The van der Waals surface area contributed by atoms with Crippen molar-refractivity contribution in [2.75, 3.05) is 19.6 Å². The maximum atomic E-state index is 11.0. The van der Waals surface area contributed by atoms with Crippen LogP contribution in [0.2, 0.25) is 0 Å². The van der Waals surface area contributed by atoms with E-state index in [4.69, 9.17) is 9.56 Å². The molecule has 2 N–H and O–H groups in total. The molecule has 2 fully saturated rings. The normalized spacial score (nSPS) is 18.5. The Bertz CT molecular complexity index is 1230. The predicted octanol–water partition coefficient (Wildman–Crippen LogP) is 7.21. The van der Waals surface area contributed by atoms with Gasteiger partial charge in [0.25, 0.3) is 0 Å². The van der Waals surface area contributed by atoms with Crippen LogP contribution in [0.5, 0.6) is 0 Å². The lowest BCUT2D eigenvalue weighted by Gasteiger charge is -2.33. The summed E-state index contributed by atoms with van der Waals surface area (Å²) < 4.78 is 27.7. The van der Waals surface area contributed by atoms with Crippen LogP contribution in [-0.2, 0) is 15.4 Å². The van der Waals surface area contributed by atoms with E-state index in [0.29, 0.717) is 5.92 Å². The summed E-state index contributed by atoms with van der Waals surface area (Å²) in [5.74, 6) is 1.70. The van der Waals surface area contributed by atoms with Gasteiger partial charge in [0, 0.05) is 10.9 Å². The van der Waals surface area contributed by atoms with Crippen LogP contribution < -0.4 is 5.14 Å². The molecule has 0 bridgehead atoms. The summed E-state index contributed by atoms with van der Waals surface area (Å²) in [4.78, 5) is 2.86. The van der Waals surface area contributed by atoms with E-state index in [9.17, 15) is 8.42 Å². The van der Waals surface area contributed by atoms with Gasteiger partial charge in [-0.1, -0.05) is 83.2 Å². The lowest BCUT2D eigenvalue weighted by atomic mass is 9.86. The number of piperidine rings is 1. The molecule has 0 spiro atoms. The molecule has 1 saturated carbocycles. The first-order valence-corrected chi connectivity index (χ1v) is 15.5. The number of nitrogens with two attached hydrogens (primary N) is 1. The third-order valence-corrected chi connectivity index (χ3v) is 9.09. The Kier molecular flexibility index (Phi) is 9.15. The van der Waals surface area contributed by atoms with Crippen LogP contribution in [0.3, 0.4) is 0 Å². The molecule has 5 nitrogen and oxygen atoms in total. The first-order valence-electron chi connectivity index (χ1n) is 13.9. The minimum absolute atomic E-state index is 0.0247. The number of para-hydroxylation sites is 1. The van der Waals surface area contributed by atoms with Gasteiger partial charge in [0.2, 0.25) is 10.0 Å². The number of likely N-dealkylation sites (tertiary alicyclic amines) is 1. The topological polar surface area (TPSA) is 76.5 Å². The summed E-state index contributed by atoms with van der Waals surface area (Å²) in [6, 6.07) is 15.1. The highest BCUT2D eigenvalue weighted by Gasteiger charge is 2.24. The molecule has 2 heterocycles. The van der Waals surface area contributed by atoms with Gasteiger partial charge in [-0.25, -0.2) is 13.6 Å². The van der Waals surface area contributed by atoms with E-state index in [1.807, 2.05) is 6.26 Å². The van der Waals surface area contributed by atoms with Crippen molar-refractivity contribution in [3.05, 3.63) is 65.9 Å². The van der Waals surface area contributed by atoms with Gasteiger partial charge in [-0.2, -0.15) is 0 Å². The van der Waals surface area contributed by atoms with Crippen LogP contribution in [0.15, 0.2) is 64.1 Å². The number of fused-ring (bicyclic) bond motifs is 1. The van der Waals surface area contributed by atoms with E-state index in [-0.39, 0.29) is 10.3 Å². The molecule has 3 aromatic rings. The van der Waals surface area contributed by atoms with Gasteiger partial charge in [0.15, 0.2) is 0 Å². The molecule has 37 heavy (non-hydrogen) atoms. The second-order valence-corrected chi connectivity index (χ2v) is 13.5. The zero-order chi connectivity index (χ0) is 26.5. The molecule has 2 aliphatic rings. The fourth-order valence-electron chi connectivity index (χ4n) is 5.77. The van der Waals surface area contributed by atoms with Crippen molar-refractivity contribution >= 4 is 21.0 Å². The largest absolute Gasteiger partial charge is 0.464 e. The van der Waals surface area contributed by atoms with Gasteiger partial charge in [-0.15, -0.1) is 0 Å². The van der Waals surface area contributed by atoms with Gasteiger partial charge in [0.05, 0.1) is 11.2 Å². The Hall–Kier alpha value is -2.15. The van der Waals surface area contributed by atoms with Crippen LogP contribution in [0.25, 0.3) is 11.0 Å². The maximum absolute atomic E-state index is 11.0. The van der Waals surface area contributed by atoms with E-state index in [1.54, 1.807) is 12.1 Å². The van der Waals surface area contributed by atoms with Gasteiger partial charge < -0.3 is 9.32 Å². The molecule has 5 rings (SSSR count). The van der Waals surface area contributed by atoms with E-state index in [2.05, 4.69) is 49.9 Å². The van der Waals surface area contributed by atoms with Crippen molar-refractivity contribution in [1.29, 1.82) is 0 Å². The van der Waals surface area contributed by atoms with E-state index in [1.165, 1.54) is 94.1 Å². The summed E-state index contributed by atoms with van der Waals surface area (Å²) in [7, 11) is -3.57. The second kappa shape index (κ2) is 12.1. The number of rotatable bonds is 5. The molecule has 2 aromatic carbocycles. The molecule has 202 valence electrons. The molecule has 1 aromatic heterocycles. The smallest absolute Gasteiger partial charge is 0.238 e. The fourth-order valence-corrected chi connectivity index (χ4v) is 6.28. The number of primary sulfonamides is 1. The molecule has 1 aliphatic heterocycles. The minimum atomic E-state index is -3.57. The quantitative estimate of drug-likeness (QED) is 0.382. The zero-order valence-electron chi connectivity index (χ0n) is 22.8. The van der Waals surface area contributed by atoms with Gasteiger partial charge in [0.1, 0.15) is 5.58 Å². The third-order valence-electron chi connectivity index (χ3n) is 8.17. The first-order chi connectivity index (χ1) is 17.6. The third kappa shape index (κ3) is 7.68. The Morgan fingerprint density at radius 2 is 1.57 bits per heavy atom. The van der Waals surface area contributed by atoms with Gasteiger partial charge in [-0.05, 0) is 79.9 Å². The van der Waals surface area contributed by atoms with E-state index < -0.39 is 10.0 Å². The minimum Gasteiger partial charge on any atom is -0.464 e. The van der Waals surface area contributed by atoms with Crippen molar-refractivity contribution in [3.63, 3.8) is 0 Å². The van der Waals surface area contributed by atoms with Gasteiger partial charge in [-0.3, -0.25) is 0 Å².